The normalized spacial score (nSPS) is 21.2. The Bertz CT molecular complexity index is 630. The monoisotopic (exact) mass is 311 g/mol. The Morgan fingerprint density at radius 2 is 2.05 bits per heavy atom. The van der Waals surface area contributed by atoms with E-state index in [-0.39, 0.29) is 11.9 Å². The second-order valence-electron chi connectivity index (χ2n) is 5.32. The highest BCUT2D eigenvalue weighted by molar-refractivity contribution is 7.88. The highest BCUT2D eigenvalue weighted by Gasteiger charge is 2.30. The van der Waals surface area contributed by atoms with Crippen molar-refractivity contribution in [3.05, 3.63) is 35.4 Å². The van der Waals surface area contributed by atoms with Crippen LogP contribution >= 0.6 is 0 Å². The van der Waals surface area contributed by atoms with Gasteiger partial charge in [0.05, 0.1) is 6.26 Å². The van der Waals surface area contributed by atoms with Gasteiger partial charge in [-0.15, -0.1) is 0 Å². The molecule has 1 aromatic carbocycles. The fraction of sp³-hybridized carbons (Fsp3) is 0.500. The summed E-state index contributed by atoms with van der Waals surface area (Å²) in [5, 5.41) is 2.60. The van der Waals surface area contributed by atoms with E-state index >= 15 is 0 Å². The van der Waals surface area contributed by atoms with E-state index in [0.29, 0.717) is 25.2 Å². The van der Waals surface area contributed by atoms with Crippen LogP contribution in [0, 0.1) is 0 Å². The van der Waals surface area contributed by atoms with Gasteiger partial charge in [-0.3, -0.25) is 9.69 Å². The Morgan fingerprint density at radius 3 is 2.67 bits per heavy atom. The molecule has 0 bridgehead atoms. The molecule has 1 heterocycles. The molecule has 1 aliphatic heterocycles. The lowest BCUT2D eigenvalue weighted by atomic mass is 10.0. The number of rotatable bonds is 3. The number of likely N-dealkylation sites (N-methyl/N-ethyl adjacent to an activating group) is 1. The van der Waals surface area contributed by atoms with Crippen molar-refractivity contribution in [3.63, 3.8) is 0 Å². The smallest absolute Gasteiger partial charge is 0.251 e. The van der Waals surface area contributed by atoms with Crippen LogP contribution in [0.25, 0.3) is 0 Å². The Kier molecular flexibility index (Phi) is 4.65. The topological polar surface area (TPSA) is 69.7 Å². The van der Waals surface area contributed by atoms with E-state index in [1.54, 1.807) is 13.1 Å². The SMILES string of the molecule is CNC(=O)c1cccc([C@H]2CN(S(C)(=O)=O)CCN2C)c1. The molecule has 1 aromatic rings. The van der Waals surface area contributed by atoms with E-state index in [0.717, 1.165) is 5.56 Å². The average Bonchev–Trinajstić information content (AvgIpc) is 2.45. The van der Waals surface area contributed by atoms with E-state index in [2.05, 4.69) is 10.2 Å². The molecule has 0 radical (unpaired) electrons. The van der Waals surface area contributed by atoms with Gasteiger partial charge in [0.2, 0.25) is 10.0 Å². The summed E-state index contributed by atoms with van der Waals surface area (Å²) in [5.74, 6) is -0.143. The van der Waals surface area contributed by atoms with Gasteiger partial charge in [0.25, 0.3) is 5.91 Å². The van der Waals surface area contributed by atoms with E-state index < -0.39 is 10.0 Å². The van der Waals surface area contributed by atoms with Crippen LogP contribution in [0.2, 0.25) is 0 Å². The van der Waals surface area contributed by atoms with Crippen molar-refractivity contribution >= 4 is 15.9 Å². The molecule has 116 valence electrons. The van der Waals surface area contributed by atoms with Crippen molar-refractivity contribution < 1.29 is 13.2 Å². The Balaban J connectivity index is 2.29. The van der Waals surface area contributed by atoms with Gasteiger partial charge in [0.15, 0.2) is 0 Å². The standard InChI is InChI=1S/C14H21N3O3S/c1-15-14(18)12-6-4-5-11(9-12)13-10-17(21(3,19)20)8-7-16(13)2/h4-6,9,13H,7-8,10H2,1-3H3,(H,15,18)/t13-/m1/s1. The lowest BCUT2D eigenvalue weighted by Crippen LogP contribution is -2.48. The Labute approximate surface area is 125 Å². The zero-order valence-corrected chi connectivity index (χ0v) is 13.4. The van der Waals surface area contributed by atoms with Crippen molar-refractivity contribution in [1.82, 2.24) is 14.5 Å². The Morgan fingerprint density at radius 1 is 1.33 bits per heavy atom. The van der Waals surface area contributed by atoms with Crippen molar-refractivity contribution in [2.24, 2.45) is 0 Å². The van der Waals surface area contributed by atoms with Crippen LogP contribution in [-0.4, -0.2) is 63.5 Å². The molecule has 1 saturated heterocycles. The number of nitrogens with one attached hydrogen (secondary N) is 1. The molecule has 1 amide bonds. The molecular formula is C14H21N3O3S. The Hall–Kier alpha value is -1.44. The third kappa shape index (κ3) is 3.61. The van der Waals surface area contributed by atoms with Crippen LogP contribution in [0.4, 0.5) is 0 Å². The molecule has 1 aliphatic rings. The van der Waals surface area contributed by atoms with Crippen molar-refractivity contribution in [2.45, 2.75) is 6.04 Å². The molecule has 0 aromatic heterocycles. The number of sulfonamides is 1. The first-order valence-electron chi connectivity index (χ1n) is 6.80. The summed E-state index contributed by atoms with van der Waals surface area (Å²) in [4.78, 5) is 13.8. The maximum Gasteiger partial charge on any atom is 0.251 e. The average molecular weight is 311 g/mol. The van der Waals surface area contributed by atoms with Gasteiger partial charge < -0.3 is 5.32 Å². The van der Waals surface area contributed by atoms with Crippen LogP contribution in [0.3, 0.4) is 0 Å². The summed E-state index contributed by atoms with van der Waals surface area (Å²) < 4.78 is 25.0. The van der Waals surface area contributed by atoms with E-state index in [9.17, 15) is 13.2 Å². The van der Waals surface area contributed by atoms with Gasteiger partial charge in [0.1, 0.15) is 0 Å². The van der Waals surface area contributed by atoms with Gasteiger partial charge in [-0.1, -0.05) is 12.1 Å². The maximum absolute atomic E-state index is 11.7. The second-order valence-corrected chi connectivity index (χ2v) is 7.30. The minimum atomic E-state index is -3.19. The first kappa shape index (κ1) is 15.9. The first-order valence-corrected chi connectivity index (χ1v) is 8.65. The molecule has 2 rings (SSSR count). The minimum absolute atomic E-state index is 0.0434. The van der Waals surface area contributed by atoms with Crippen molar-refractivity contribution in [1.29, 1.82) is 0 Å². The number of carbonyl (C=O) groups excluding carboxylic acids is 1. The van der Waals surface area contributed by atoms with Gasteiger partial charge >= 0.3 is 0 Å². The number of hydrogen-bond donors (Lipinski definition) is 1. The van der Waals surface area contributed by atoms with E-state index in [1.165, 1.54) is 10.6 Å². The van der Waals surface area contributed by atoms with Crippen LogP contribution in [0.1, 0.15) is 22.0 Å². The molecule has 21 heavy (non-hydrogen) atoms. The molecule has 0 saturated carbocycles. The van der Waals surface area contributed by atoms with Crippen LogP contribution < -0.4 is 5.32 Å². The molecule has 1 N–H and O–H groups in total. The van der Waals surface area contributed by atoms with Crippen LogP contribution in [0.15, 0.2) is 24.3 Å². The summed E-state index contributed by atoms with van der Waals surface area (Å²) in [5.41, 5.74) is 1.53. The van der Waals surface area contributed by atoms with Crippen LogP contribution in [0.5, 0.6) is 0 Å². The predicted molar refractivity (Wildman–Crippen MR) is 81.6 cm³/mol. The second kappa shape index (κ2) is 6.13. The summed E-state index contributed by atoms with van der Waals surface area (Å²) in [7, 11) is 0.366. The molecule has 1 atom stereocenters. The summed E-state index contributed by atoms with van der Waals surface area (Å²) in [6, 6.07) is 7.29. The third-order valence-electron chi connectivity index (χ3n) is 3.84. The molecule has 1 fully saturated rings. The molecule has 6 nitrogen and oxygen atoms in total. The lowest BCUT2D eigenvalue weighted by molar-refractivity contribution is 0.0962. The first-order chi connectivity index (χ1) is 9.82. The minimum Gasteiger partial charge on any atom is -0.355 e. The number of hydrogen-bond acceptors (Lipinski definition) is 4. The maximum atomic E-state index is 11.7. The largest absolute Gasteiger partial charge is 0.355 e. The third-order valence-corrected chi connectivity index (χ3v) is 5.11. The number of nitrogens with zero attached hydrogens (tertiary/aromatic N) is 2. The van der Waals surface area contributed by atoms with Gasteiger partial charge in [-0.25, -0.2) is 8.42 Å². The molecule has 0 unspecified atom stereocenters. The summed E-state index contributed by atoms with van der Waals surface area (Å²) >= 11 is 0. The fourth-order valence-corrected chi connectivity index (χ4v) is 3.37. The quantitative estimate of drug-likeness (QED) is 0.871. The number of benzene rings is 1. The van der Waals surface area contributed by atoms with Gasteiger partial charge in [-0.2, -0.15) is 4.31 Å². The molecule has 7 heteroatoms. The lowest BCUT2D eigenvalue weighted by Gasteiger charge is -2.38. The van der Waals surface area contributed by atoms with Gasteiger partial charge in [-0.05, 0) is 24.7 Å². The molecule has 0 spiro atoms. The van der Waals surface area contributed by atoms with E-state index in [1.807, 2.05) is 25.2 Å². The van der Waals surface area contributed by atoms with E-state index in [4.69, 9.17) is 0 Å². The van der Waals surface area contributed by atoms with Crippen molar-refractivity contribution in [2.75, 3.05) is 40.0 Å². The number of carbonyl (C=O) groups is 1. The molecular weight excluding hydrogens is 290 g/mol. The zero-order chi connectivity index (χ0) is 15.6. The highest BCUT2D eigenvalue weighted by Crippen LogP contribution is 2.25. The van der Waals surface area contributed by atoms with Gasteiger partial charge in [0, 0.05) is 38.3 Å². The zero-order valence-electron chi connectivity index (χ0n) is 12.5. The number of amides is 1. The van der Waals surface area contributed by atoms with Crippen LogP contribution in [-0.2, 0) is 10.0 Å². The highest BCUT2D eigenvalue weighted by atomic mass is 32.2. The predicted octanol–water partition coefficient (Wildman–Crippen LogP) is 0.294. The molecule has 0 aliphatic carbocycles. The number of piperazine rings is 1. The fourth-order valence-electron chi connectivity index (χ4n) is 2.54. The van der Waals surface area contributed by atoms with Crippen molar-refractivity contribution in [3.8, 4) is 0 Å². The summed E-state index contributed by atoms with van der Waals surface area (Å²) in [6.45, 7) is 1.58. The summed E-state index contributed by atoms with van der Waals surface area (Å²) in [6.07, 6.45) is 1.23.